The zero-order chi connectivity index (χ0) is 16.7. The molecule has 0 saturated carbocycles. The SMILES string of the molecule is C=CC=CC=C(CC=C)C(=O)Oc1ccc2c(c1)CC(F)CC2. The third-order valence-corrected chi connectivity index (χ3v) is 3.73. The Morgan fingerprint density at radius 2 is 2.13 bits per heavy atom. The number of carbonyl (C=O) groups is 1. The van der Waals surface area contributed by atoms with E-state index in [0.717, 1.165) is 17.5 Å². The molecule has 23 heavy (non-hydrogen) atoms. The second-order valence-corrected chi connectivity index (χ2v) is 5.47. The third kappa shape index (κ3) is 4.78. The second-order valence-electron chi connectivity index (χ2n) is 5.47. The number of rotatable bonds is 6. The molecule has 1 aliphatic rings. The summed E-state index contributed by atoms with van der Waals surface area (Å²) in [5, 5.41) is 0. The van der Waals surface area contributed by atoms with E-state index in [1.807, 2.05) is 6.07 Å². The fraction of sp³-hybridized carbons (Fsp3) is 0.250. The first-order valence-electron chi connectivity index (χ1n) is 7.71. The van der Waals surface area contributed by atoms with Crippen LogP contribution in [0.25, 0.3) is 0 Å². The van der Waals surface area contributed by atoms with Crippen molar-refractivity contribution in [2.45, 2.75) is 31.9 Å². The van der Waals surface area contributed by atoms with Gasteiger partial charge in [0.25, 0.3) is 0 Å². The van der Waals surface area contributed by atoms with Gasteiger partial charge in [-0.25, -0.2) is 9.18 Å². The number of halogens is 1. The van der Waals surface area contributed by atoms with Crippen molar-refractivity contribution in [3.05, 3.63) is 78.4 Å². The van der Waals surface area contributed by atoms with Crippen LogP contribution in [0.5, 0.6) is 5.75 Å². The van der Waals surface area contributed by atoms with Gasteiger partial charge in [0.05, 0.1) is 0 Å². The number of esters is 1. The van der Waals surface area contributed by atoms with Gasteiger partial charge in [-0.3, -0.25) is 0 Å². The summed E-state index contributed by atoms with van der Waals surface area (Å²) in [6.45, 7) is 7.23. The Balaban J connectivity index is 2.13. The minimum atomic E-state index is -0.811. The molecule has 0 radical (unpaired) electrons. The Kier molecular flexibility index (Phi) is 6.10. The van der Waals surface area contributed by atoms with Crippen molar-refractivity contribution in [3.8, 4) is 5.75 Å². The Labute approximate surface area is 136 Å². The van der Waals surface area contributed by atoms with Crippen LogP contribution in [0.4, 0.5) is 4.39 Å². The van der Waals surface area contributed by atoms with Crippen LogP contribution in [-0.2, 0) is 17.6 Å². The van der Waals surface area contributed by atoms with Gasteiger partial charge in [0.1, 0.15) is 11.9 Å². The van der Waals surface area contributed by atoms with Gasteiger partial charge in [-0.15, -0.1) is 6.58 Å². The lowest BCUT2D eigenvalue weighted by molar-refractivity contribution is -0.130. The van der Waals surface area contributed by atoms with Crippen LogP contribution in [0, 0.1) is 0 Å². The number of aryl methyl sites for hydroxylation is 1. The van der Waals surface area contributed by atoms with Crippen molar-refractivity contribution in [2.75, 3.05) is 0 Å². The molecule has 1 atom stereocenters. The van der Waals surface area contributed by atoms with Crippen LogP contribution < -0.4 is 4.74 Å². The predicted octanol–water partition coefficient (Wildman–Crippen LogP) is 4.66. The fourth-order valence-electron chi connectivity index (χ4n) is 2.55. The number of hydrogen-bond donors (Lipinski definition) is 0. The molecule has 1 aliphatic carbocycles. The van der Waals surface area contributed by atoms with E-state index in [1.54, 1.807) is 42.5 Å². The van der Waals surface area contributed by atoms with E-state index in [2.05, 4.69) is 13.2 Å². The molecule has 0 spiro atoms. The summed E-state index contributed by atoms with van der Waals surface area (Å²) in [5.74, 6) is 0.0247. The Morgan fingerprint density at radius 1 is 1.30 bits per heavy atom. The van der Waals surface area contributed by atoms with E-state index in [-0.39, 0.29) is 0 Å². The predicted molar refractivity (Wildman–Crippen MR) is 91.2 cm³/mol. The number of hydrogen-bond acceptors (Lipinski definition) is 2. The molecule has 0 heterocycles. The van der Waals surface area contributed by atoms with Gasteiger partial charge in [-0.05, 0) is 42.5 Å². The molecule has 0 saturated heterocycles. The normalized spacial score (nSPS) is 17.6. The molecule has 3 heteroatoms. The maximum atomic E-state index is 13.5. The summed E-state index contributed by atoms with van der Waals surface area (Å²) in [7, 11) is 0. The van der Waals surface area contributed by atoms with E-state index in [4.69, 9.17) is 4.74 Å². The number of allylic oxidation sites excluding steroid dienone is 5. The Morgan fingerprint density at radius 3 is 2.87 bits per heavy atom. The highest BCUT2D eigenvalue weighted by molar-refractivity contribution is 5.90. The summed E-state index contributed by atoms with van der Waals surface area (Å²) >= 11 is 0. The summed E-state index contributed by atoms with van der Waals surface area (Å²) in [5.41, 5.74) is 2.56. The number of fused-ring (bicyclic) bond motifs is 1. The summed E-state index contributed by atoms with van der Waals surface area (Å²) < 4.78 is 18.9. The molecule has 0 aromatic heterocycles. The van der Waals surface area contributed by atoms with Crippen molar-refractivity contribution in [2.24, 2.45) is 0 Å². The maximum Gasteiger partial charge on any atom is 0.339 e. The minimum Gasteiger partial charge on any atom is -0.423 e. The summed E-state index contributed by atoms with van der Waals surface area (Å²) in [6, 6.07) is 5.45. The summed E-state index contributed by atoms with van der Waals surface area (Å²) in [6.07, 6.45) is 9.71. The molecule has 2 nitrogen and oxygen atoms in total. The van der Waals surface area contributed by atoms with Crippen molar-refractivity contribution in [1.82, 2.24) is 0 Å². The molecule has 0 N–H and O–H groups in total. The van der Waals surface area contributed by atoms with Crippen molar-refractivity contribution in [1.29, 1.82) is 0 Å². The molecule has 2 rings (SSSR count). The van der Waals surface area contributed by atoms with Gasteiger partial charge in [-0.2, -0.15) is 0 Å². The smallest absolute Gasteiger partial charge is 0.339 e. The number of carbonyl (C=O) groups excluding carboxylic acids is 1. The Hall–Kier alpha value is -2.42. The molecule has 0 aliphatic heterocycles. The standard InChI is InChI=1S/C20H21FO2/c1-3-5-6-8-16(7-4-2)20(22)23-19-12-10-15-9-11-18(21)13-17(15)14-19/h3-6,8,10,12,14,18H,1-2,7,9,11,13H2. The lowest BCUT2D eigenvalue weighted by Crippen LogP contribution is -2.16. The van der Waals surface area contributed by atoms with Gasteiger partial charge in [0.2, 0.25) is 0 Å². The lowest BCUT2D eigenvalue weighted by atomic mass is 9.90. The van der Waals surface area contributed by atoms with E-state index < -0.39 is 12.1 Å². The summed E-state index contributed by atoms with van der Waals surface area (Å²) in [4.78, 5) is 12.3. The zero-order valence-corrected chi connectivity index (χ0v) is 13.1. The van der Waals surface area contributed by atoms with E-state index in [0.29, 0.717) is 30.6 Å². The second kappa shape index (κ2) is 8.28. The lowest BCUT2D eigenvalue weighted by Gasteiger charge is -2.19. The van der Waals surface area contributed by atoms with E-state index >= 15 is 0 Å². The first-order valence-corrected chi connectivity index (χ1v) is 7.71. The van der Waals surface area contributed by atoms with Crippen LogP contribution in [0.2, 0.25) is 0 Å². The molecule has 0 amide bonds. The van der Waals surface area contributed by atoms with Crippen LogP contribution in [0.1, 0.15) is 24.0 Å². The van der Waals surface area contributed by atoms with E-state index in [9.17, 15) is 9.18 Å². The number of benzene rings is 1. The van der Waals surface area contributed by atoms with Gasteiger partial charge in [0, 0.05) is 12.0 Å². The van der Waals surface area contributed by atoms with Crippen LogP contribution >= 0.6 is 0 Å². The van der Waals surface area contributed by atoms with E-state index in [1.165, 1.54) is 0 Å². The monoisotopic (exact) mass is 312 g/mol. The molecule has 1 aromatic carbocycles. The molecule has 1 unspecified atom stereocenters. The molecular formula is C20H21FO2. The van der Waals surface area contributed by atoms with Crippen LogP contribution in [-0.4, -0.2) is 12.1 Å². The highest BCUT2D eigenvalue weighted by atomic mass is 19.1. The average Bonchev–Trinajstić information content (AvgIpc) is 2.53. The molecule has 120 valence electrons. The number of ether oxygens (including phenoxy) is 1. The van der Waals surface area contributed by atoms with Gasteiger partial charge >= 0.3 is 5.97 Å². The molecule has 1 aromatic rings. The van der Waals surface area contributed by atoms with Crippen molar-refractivity contribution < 1.29 is 13.9 Å². The van der Waals surface area contributed by atoms with Crippen LogP contribution in [0.15, 0.2) is 67.3 Å². The average molecular weight is 312 g/mol. The molecule has 0 bridgehead atoms. The molecular weight excluding hydrogens is 291 g/mol. The largest absolute Gasteiger partial charge is 0.423 e. The first kappa shape index (κ1) is 16.9. The van der Waals surface area contributed by atoms with Crippen LogP contribution in [0.3, 0.4) is 0 Å². The fourth-order valence-corrected chi connectivity index (χ4v) is 2.55. The Bertz CT molecular complexity index is 656. The highest BCUT2D eigenvalue weighted by Crippen LogP contribution is 2.27. The van der Waals surface area contributed by atoms with Gasteiger partial charge < -0.3 is 4.74 Å². The minimum absolute atomic E-state index is 0.387. The van der Waals surface area contributed by atoms with Gasteiger partial charge in [-0.1, -0.05) is 43.0 Å². The van der Waals surface area contributed by atoms with Gasteiger partial charge in [0.15, 0.2) is 0 Å². The number of alkyl halides is 1. The highest BCUT2D eigenvalue weighted by Gasteiger charge is 2.19. The zero-order valence-electron chi connectivity index (χ0n) is 13.1. The molecule has 0 fully saturated rings. The quantitative estimate of drug-likeness (QED) is 0.251. The topological polar surface area (TPSA) is 26.3 Å². The van der Waals surface area contributed by atoms with Crippen molar-refractivity contribution >= 4 is 5.97 Å². The third-order valence-electron chi connectivity index (χ3n) is 3.73. The maximum absolute atomic E-state index is 13.5. The first-order chi connectivity index (χ1) is 11.1. The van der Waals surface area contributed by atoms with Crippen molar-refractivity contribution in [3.63, 3.8) is 0 Å².